The van der Waals surface area contributed by atoms with Crippen molar-refractivity contribution in [3.05, 3.63) is 58.0 Å². The molecule has 1 aromatic heterocycles. The number of rotatable bonds is 4. The molecule has 126 valence electrons. The van der Waals surface area contributed by atoms with Gasteiger partial charge in [-0.1, -0.05) is 18.2 Å². The highest BCUT2D eigenvalue weighted by Gasteiger charge is 2.26. The fourth-order valence-electron chi connectivity index (χ4n) is 2.77. The maximum absolute atomic E-state index is 12.3. The molecule has 1 aliphatic rings. The second-order valence-corrected chi connectivity index (χ2v) is 5.94. The lowest BCUT2D eigenvalue weighted by molar-refractivity contribution is 0.0919. The third-order valence-electron chi connectivity index (χ3n) is 4.15. The first-order chi connectivity index (χ1) is 11.6. The summed E-state index contributed by atoms with van der Waals surface area (Å²) in [5, 5.41) is 19.7. The molecular formula is C17H20N4O3. The first-order valence-corrected chi connectivity index (χ1v) is 7.89. The molecule has 2 heterocycles. The maximum atomic E-state index is 12.3. The number of carbonyl (C=O) groups is 1. The van der Waals surface area contributed by atoms with Gasteiger partial charge in [0.25, 0.3) is 5.91 Å². The lowest BCUT2D eigenvalue weighted by Crippen LogP contribution is -2.37. The van der Waals surface area contributed by atoms with Gasteiger partial charge in [-0.05, 0) is 19.1 Å². The number of β-amino-alcohol motifs (C(OH)–C–C–N with tert-alkyl or cyclic N) is 1. The second-order valence-electron chi connectivity index (χ2n) is 5.94. The van der Waals surface area contributed by atoms with Crippen LogP contribution in [0, 0.1) is 12.8 Å². The number of aromatic nitrogens is 2. The van der Waals surface area contributed by atoms with Gasteiger partial charge in [0, 0.05) is 37.3 Å². The number of aliphatic hydroxyl groups is 1. The molecule has 0 saturated carbocycles. The summed E-state index contributed by atoms with van der Waals surface area (Å²) in [7, 11) is 0. The highest BCUT2D eigenvalue weighted by atomic mass is 16.3. The predicted octanol–water partition coefficient (Wildman–Crippen LogP) is -0.149. The number of nitrogens with zero attached hydrogens (tertiary/aromatic N) is 2. The van der Waals surface area contributed by atoms with E-state index in [0.29, 0.717) is 25.3 Å². The van der Waals surface area contributed by atoms with E-state index in [0.717, 1.165) is 5.69 Å². The Morgan fingerprint density at radius 3 is 2.79 bits per heavy atom. The van der Waals surface area contributed by atoms with E-state index in [1.165, 1.54) is 6.07 Å². The van der Waals surface area contributed by atoms with Crippen molar-refractivity contribution in [3.8, 4) is 5.69 Å². The van der Waals surface area contributed by atoms with Crippen LogP contribution in [-0.2, 0) is 0 Å². The zero-order chi connectivity index (χ0) is 17.1. The molecule has 0 radical (unpaired) electrons. The summed E-state index contributed by atoms with van der Waals surface area (Å²) in [4.78, 5) is 24.5. The molecule has 1 aromatic carbocycles. The Bertz CT molecular complexity index is 788. The van der Waals surface area contributed by atoms with Gasteiger partial charge in [-0.15, -0.1) is 0 Å². The molecule has 7 nitrogen and oxygen atoms in total. The Balaban J connectivity index is 1.82. The number of benzene rings is 1. The Morgan fingerprint density at radius 1 is 1.38 bits per heavy atom. The molecule has 2 atom stereocenters. The van der Waals surface area contributed by atoms with E-state index in [2.05, 4.69) is 15.7 Å². The first-order valence-electron chi connectivity index (χ1n) is 7.89. The summed E-state index contributed by atoms with van der Waals surface area (Å²) in [5.41, 5.74) is 0.866. The van der Waals surface area contributed by atoms with E-state index in [1.807, 2.05) is 30.3 Å². The molecule has 1 aliphatic heterocycles. The zero-order valence-electron chi connectivity index (χ0n) is 13.4. The van der Waals surface area contributed by atoms with Gasteiger partial charge in [-0.2, -0.15) is 5.10 Å². The summed E-state index contributed by atoms with van der Waals surface area (Å²) in [5.74, 6) is -0.584. The minimum atomic E-state index is -0.524. The number of aryl methyl sites for hydroxylation is 1. The van der Waals surface area contributed by atoms with Crippen molar-refractivity contribution in [2.24, 2.45) is 5.92 Å². The molecule has 0 bridgehead atoms. The van der Waals surface area contributed by atoms with E-state index >= 15 is 0 Å². The van der Waals surface area contributed by atoms with E-state index in [1.54, 1.807) is 11.6 Å². The van der Waals surface area contributed by atoms with Crippen molar-refractivity contribution in [1.29, 1.82) is 0 Å². The molecule has 2 aromatic rings. The van der Waals surface area contributed by atoms with E-state index in [4.69, 9.17) is 0 Å². The molecule has 3 rings (SSSR count). The molecule has 0 aliphatic carbocycles. The number of nitrogens with one attached hydrogen (secondary N) is 2. The third kappa shape index (κ3) is 3.37. The summed E-state index contributed by atoms with van der Waals surface area (Å²) in [6, 6.07) is 10.7. The lowest BCUT2D eigenvalue weighted by atomic mass is 10.1. The van der Waals surface area contributed by atoms with Crippen molar-refractivity contribution in [2.45, 2.75) is 13.0 Å². The Morgan fingerprint density at radius 2 is 2.12 bits per heavy atom. The van der Waals surface area contributed by atoms with Crippen LogP contribution in [0.3, 0.4) is 0 Å². The van der Waals surface area contributed by atoms with Crippen molar-refractivity contribution in [3.63, 3.8) is 0 Å². The van der Waals surface area contributed by atoms with Crippen LogP contribution in [0.2, 0.25) is 0 Å². The molecule has 24 heavy (non-hydrogen) atoms. The van der Waals surface area contributed by atoms with Crippen LogP contribution in [-0.4, -0.2) is 46.5 Å². The van der Waals surface area contributed by atoms with Crippen molar-refractivity contribution >= 4 is 5.91 Å². The molecule has 2 unspecified atom stereocenters. The van der Waals surface area contributed by atoms with Crippen LogP contribution in [0.5, 0.6) is 0 Å². The summed E-state index contributed by atoms with van der Waals surface area (Å²) in [6.45, 7) is 3.22. The number of carbonyl (C=O) groups excluding carboxylic acids is 1. The van der Waals surface area contributed by atoms with E-state index < -0.39 is 17.4 Å². The predicted molar refractivity (Wildman–Crippen MR) is 89.3 cm³/mol. The fourth-order valence-corrected chi connectivity index (χ4v) is 2.77. The molecule has 1 amide bonds. The Kier molecular flexibility index (Phi) is 4.73. The molecule has 3 N–H and O–H groups in total. The second kappa shape index (κ2) is 6.94. The van der Waals surface area contributed by atoms with Crippen LogP contribution >= 0.6 is 0 Å². The molecule has 0 spiro atoms. The summed E-state index contributed by atoms with van der Waals surface area (Å²) in [6.07, 6.45) is -0.489. The van der Waals surface area contributed by atoms with Gasteiger partial charge in [0.15, 0.2) is 5.69 Å². The standard InChI is InChI=1S/C17H20N4O3/c1-11-7-14(22)16(20-21(11)13-5-3-2-4-6-13)17(24)19-9-12-8-18-10-15(12)23/h2-7,12,15,18,23H,8-10H2,1H3,(H,19,24). The first kappa shape index (κ1) is 16.4. The van der Waals surface area contributed by atoms with Gasteiger partial charge in [0.2, 0.25) is 5.43 Å². The Hall–Kier alpha value is -2.51. The molecule has 7 heteroatoms. The van der Waals surface area contributed by atoms with Crippen LogP contribution < -0.4 is 16.1 Å². The van der Waals surface area contributed by atoms with Crippen molar-refractivity contribution in [2.75, 3.05) is 19.6 Å². The SMILES string of the molecule is Cc1cc(=O)c(C(=O)NCC2CNCC2O)nn1-c1ccccc1. The number of hydrogen-bond acceptors (Lipinski definition) is 5. The van der Waals surface area contributed by atoms with Gasteiger partial charge in [0.05, 0.1) is 11.8 Å². The van der Waals surface area contributed by atoms with Crippen LogP contribution in [0.15, 0.2) is 41.2 Å². The smallest absolute Gasteiger partial charge is 0.275 e. The lowest BCUT2D eigenvalue weighted by Gasteiger charge is -2.14. The number of hydrogen-bond donors (Lipinski definition) is 3. The zero-order valence-corrected chi connectivity index (χ0v) is 13.4. The third-order valence-corrected chi connectivity index (χ3v) is 4.15. The highest BCUT2D eigenvalue weighted by molar-refractivity contribution is 5.92. The van der Waals surface area contributed by atoms with Crippen molar-refractivity contribution < 1.29 is 9.90 Å². The summed E-state index contributed by atoms with van der Waals surface area (Å²) < 4.78 is 1.57. The highest BCUT2D eigenvalue weighted by Crippen LogP contribution is 2.09. The van der Waals surface area contributed by atoms with Crippen LogP contribution in [0.25, 0.3) is 5.69 Å². The number of amides is 1. The number of para-hydroxylation sites is 1. The van der Waals surface area contributed by atoms with Gasteiger partial charge in [-0.25, -0.2) is 4.68 Å². The van der Waals surface area contributed by atoms with Gasteiger partial charge in [0.1, 0.15) is 0 Å². The molecule has 1 fully saturated rings. The minimum Gasteiger partial charge on any atom is -0.391 e. The molecule has 1 saturated heterocycles. The van der Waals surface area contributed by atoms with Crippen LogP contribution in [0.4, 0.5) is 0 Å². The Labute approximate surface area is 139 Å². The average molecular weight is 328 g/mol. The molecular weight excluding hydrogens is 308 g/mol. The quantitative estimate of drug-likeness (QED) is 0.725. The van der Waals surface area contributed by atoms with E-state index in [-0.39, 0.29) is 11.6 Å². The maximum Gasteiger partial charge on any atom is 0.275 e. The topological polar surface area (TPSA) is 96.2 Å². The fraction of sp³-hybridized carbons (Fsp3) is 0.353. The average Bonchev–Trinajstić information content (AvgIpc) is 2.98. The largest absolute Gasteiger partial charge is 0.391 e. The van der Waals surface area contributed by atoms with Crippen molar-refractivity contribution in [1.82, 2.24) is 20.4 Å². The van der Waals surface area contributed by atoms with Gasteiger partial charge < -0.3 is 15.7 Å². The van der Waals surface area contributed by atoms with Gasteiger partial charge in [-0.3, -0.25) is 9.59 Å². The van der Waals surface area contributed by atoms with Gasteiger partial charge >= 0.3 is 0 Å². The normalized spacial score (nSPS) is 20.1. The minimum absolute atomic E-state index is 0.0595. The number of aliphatic hydroxyl groups excluding tert-OH is 1. The summed E-state index contributed by atoms with van der Waals surface area (Å²) >= 11 is 0. The monoisotopic (exact) mass is 328 g/mol. The van der Waals surface area contributed by atoms with E-state index in [9.17, 15) is 14.7 Å². The van der Waals surface area contributed by atoms with Crippen LogP contribution in [0.1, 0.15) is 16.2 Å².